The summed E-state index contributed by atoms with van der Waals surface area (Å²) in [6.07, 6.45) is 8.27. The van der Waals surface area contributed by atoms with Crippen LogP contribution in [0.5, 0.6) is 0 Å². The van der Waals surface area contributed by atoms with Crippen LogP contribution in [0.2, 0.25) is 0 Å². The number of amides is 1. The van der Waals surface area contributed by atoms with E-state index in [1.54, 1.807) is 0 Å². The first-order chi connectivity index (χ1) is 10.7. The van der Waals surface area contributed by atoms with Gasteiger partial charge in [0.1, 0.15) is 10.7 Å². The van der Waals surface area contributed by atoms with Crippen molar-refractivity contribution in [2.45, 2.75) is 25.7 Å². The number of hydrogen-bond donors (Lipinski definition) is 1. The van der Waals surface area contributed by atoms with Crippen LogP contribution in [-0.4, -0.2) is 29.0 Å². The fourth-order valence-electron chi connectivity index (χ4n) is 2.56. The molecule has 7 heteroatoms. The second-order valence-electron chi connectivity index (χ2n) is 4.95. The lowest BCUT2D eigenvalue weighted by Gasteiger charge is -2.11. The minimum Gasteiger partial charge on any atom is -0.465 e. The van der Waals surface area contributed by atoms with Gasteiger partial charge in [-0.3, -0.25) is 9.78 Å². The highest BCUT2D eigenvalue weighted by Gasteiger charge is 2.27. The van der Waals surface area contributed by atoms with Gasteiger partial charge in [-0.25, -0.2) is 9.78 Å². The molecule has 0 bridgehead atoms. The molecule has 114 valence electrons. The number of nitrogens with one attached hydrogen (secondary N) is 1. The molecule has 1 N–H and O–H groups in total. The smallest absolute Gasteiger partial charge is 0.341 e. The van der Waals surface area contributed by atoms with Gasteiger partial charge in [0.05, 0.1) is 18.9 Å². The van der Waals surface area contributed by atoms with Crippen LogP contribution < -0.4 is 5.32 Å². The standard InChI is InChI=1S/C15H15N3O3S/c1-21-15(20)12-9-4-2-3-5-11(9)22-14(12)18-13(19)10-8-16-6-7-17-10/h6-8H,2-5H2,1H3,(H,18,19). The molecule has 1 amide bonds. The quantitative estimate of drug-likeness (QED) is 0.879. The summed E-state index contributed by atoms with van der Waals surface area (Å²) >= 11 is 1.45. The number of ether oxygens (including phenoxy) is 1. The molecule has 3 rings (SSSR count). The van der Waals surface area contributed by atoms with E-state index in [9.17, 15) is 9.59 Å². The predicted molar refractivity (Wildman–Crippen MR) is 82.3 cm³/mol. The third-order valence-corrected chi connectivity index (χ3v) is 4.79. The normalized spacial score (nSPS) is 13.3. The molecule has 2 aromatic heterocycles. The van der Waals surface area contributed by atoms with E-state index in [0.29, 0.717) is 10.6 Å². The van der Waals surface area contributed by atoms with E-state index in [-0.39, 0.29) is 11.6 Å². The highest BCUT2D eigenvalue weighted by molar-refractivity contribution is 7.17. The van der Waals surface area contributed by atoms with Crippen LogP contribution >= 0.6 is 11.3 Å². The minimum atomic E-state index is -0.408. The van der Waals surface area contributed by atoms with Crippen LogP contribution in [0.3, 0.4) is 0 Å². The Morgan fingerprint density at radius 1 is 1.27 bits per heavy atom. The van der Waals surface area contributed by atoms with Gasteiger partial charge in [-0.2, -0.15) is 0 Å². The first-order valence-electron chi connectivity index (χ1n) is 7.01. The fourth-order valence-corrected chi connectivity index (χ4v) is 3.83. The van der Waals surface area contributed by atoms with E-state index in [2.05, 4.69) is 15.3 Å². The van der Waals surface area contributed by atoms with Crippen LogP contribution in [0.15, 0.2) is 18.6 Å². The first kappa shape index (κ1) is 14.6. The van der Waals surface area contributed by atoms with Gasteiger partial charge in [0.2, 0.25) is 0 Å². The third kappa shape index (κ3) is 2.71. The molecule has 22 heavy (non-hydrogen) atoms. The summed E-state index contributed by atoms with van der Waals surface area (Å²) in [4.78, 5) is 33.3. The van der Waals surface area contributed by atoms with Crippen molar-refractivity contribution in [3.8, 4) is 0 Å². The van der Waals surface area contributed by atoms with Gasteiger partial charge in [0.15, 0.2) is 0 Å². The first-order valence-corrected chi connectivity index (χ1v) is 7.82. The Kier molecular flexibility index (Phi) is 4.15. The van der Waals surface area contributed by atoms with Gasteiger partial charge < -0.3 is 10.1 Å². The van der Waals surface area contributed by atoms with Crippen molar-refractivity contribution < 1.29 is 14.3 Å². The monoisotopic (exact) mass is 317 g/mol. The summed E-state index contributed by atoms with van der Waals surface area (Å²) in [5.74, 6) is -0.786. The maximum atomic E-state index is 12.2. The van der Waals surface area contributed by atoms with Gasteiger partial charge in [-0.05, 0) is 31.2 Å². The van der Waals surface area contributed by atoms with Crippen LogP contribution in [0, 0.1) is 0 Å². The summed E-state index contributed by atoms with van der Waals surface area (Å²) in [7, 11) is 1.35. The van der Waals surface area contributed by atoms with Crippen molar-refractivity contribution >= 4 is 28.2 Å². The highest BCUT2D eigenvalue weighted by Crippen LogP contribution is 2.38. The average molecular weight is 317 g/mol. The molecule has 1 aliphatic carbocycles. The van der Waals surface area contributed by atoms with Crippen molar-refractivity contribution in [2.75, 3.05) is 12.4 Å². The summed E-state index contributed by atoms with van der Waals surface area (Å²) in [5, 5.41) is 3.31. The second kappa shape index (κ2) is 6.23. The molecule has 2 heterocycles. The van der Waals surface area contributed by atoms with Crippen molar-refractivity contribution in [3.63, 3.8) is 0 Å². The Morgan fingerprint density at radius 3 is 2.82 bits per heavy atom. The largest absolute Gasteiger partial charge is 0.465 e. The molecule has 0 fully saturated rings. The van der Waals surface area contributed by atoms with Crippen molar-refractivity contribution in [2.24, 2.45) is 0 Å². The zero-order valence-electron chi connectivity index (χ0n) is 12.1. The number of aromatic nitrogens is 2. The van der Waals surface area contributed by atoms with Crippen LogP contribution in [0.4, 0.5) is 5.00 Å². The summed E-state index contributed by atoms with van der Waals surface area (Å²) in [5.41, 5.74) is 1.71. The SMILES string of the molecule is COC(=O)c1c(NC(=O)c2cnccn2)sc2c1CCCC2. The molecule has 0 saturated carbocycles. The molecule has 0 radical (unpaired) electrons. The molecular weight excluding hydrogens is 302 g/mol. The van der Waals surface area contributed by atoms with Gasteiger partial charge in [0, 0.05) is 17.3 Å². The van der Waals surface area contributed by atoms with E-state index in [1.165, 1.54) is 37.0 Å². The molecule has 1 aliphatic rings. The number of esters is 1. The second-order valence-corrected chi connectivity index (χ2v) is 6.06. The summed E-state index contributed by atoms with van der Waals surface area (Å²) in [6.45, 7) is 0. The Bertz CT molecular complexity index is 712. The molecule has 0 atom stereocenters. The Morgan fingerprint density at radius 2 is 2.09 bits per heavy atom. The lowest BCUT2D eigenvalue weighted by molar-refractivity contribution is 0.0601. The van der Waals surface area contributed by atoms with Crippen molar-refractivity contribution in [3.05, 3.63) is 40.3 Å². The molecule has 0 unspecified atom stereocenters. The Labute approximate surface area is 131 Å². The van der Waals surface area contributed by atoms with Crippen molar-refractivity contribution in [1.82, 2.24) is 9.97 Å². The molecule has 0 aromatic carbocycles. The minimum absolute atomic E-state index is 0.213. The Hall–Kier alpha value is -2.28. The van der Waals surface area contributed by atoms with E-state index in [4.69, 9.17) is 4.74 Å². The number of methoxy groups -OCH3 is 1. The van der Waals surface area contributed by atoms with Gasteiger partial charge in [-0.1, -0.05) is 0 Å². The zero-order chi connectivity index (χ0) is 15.5. The number of nitrogens with zero attached hydrogens (tertiary/aromatic N) is 2. The van der Waals surface area contributed by atoms with Crippen molar-refractivity contribution in [1.29, 1.82) is 0 Å². The number of rotatable bonds is 3. The van der Waals surface area contributed by atoms with E-state index < -0.39 is 5.97 Å². The molecule has 0 saturated heterocycles. The van der Waals surface area contributed by atoms with Gasteiger partial charge in [-0.15, -0.1) is 11.3 Å². The molecule has 2 aromatic rings. The molecule has 0 spiro atoms. The number of hydrogen-bond acceptors (Lipinski definition) is 6. The maximum absolute atomic E-state index is 12.2. The molecular formula is C15H15N3O3S. The number of thiophene rings is 1. The van der Waals surface area contributed by atoms with E-state index >= 15 is 0 Å². The van der Waals surface area contributed by atoms with Gasteiger partial charge in [0.25, 0.3) is 5.91 Å². The van der Waals surface area contributed by atoms with Gasteiger partial charge >= 0.3 is 5.97 Å². The van der Waals surface area contributed by atoms with Crippen LogP contribution in [0.25, 0.3) is 0 Å². The Balaban J connectivity index is 1.94. The lowest BCUT2D eigenvalue weighted by atomic mass is 9.95. The maximum Gasteiger partial charge on any atom is 0.341 e. The van der Waals surface area contributed by atoms with Crippen LogP contribution in [-0.2, 0) is 17.6 Å². The lowest BCUT2D eigenvalue weighted by Crippen LogP contribution is -2.16. The number of aryl methyl sites for hydroxylation is 1. The summed E-state index contributed by atoms with van der Waals surface area (Å²) in [6, 6.07) is 0. The third-order valence-electron chi connectivity index (χ3n) is 3.58. The zero-order valence-corrected chi connectivity index (χ0v) is 12.9. The fraction of sp³-hybridized carbons (Fsp3) is 0.333. The number of carbonyl (C=O) groups is 2. The van der Waals surface area contributed by atoms with Crippen LogP contribution in [0.1, 0.15) is 44.1 Å². The number of anilines is 1. The predicted octanol–water partition coefficient (Wildman–Crippen LogP) is 2.46. The summed E-state index contributed by atoms with van der Waals surface area (Å²) < 4.78 is 4.88. The molecule has 0 aliphatic heterocycles. The van der Waals surface area contributed by atoms with E-state index in [0.717, 1.165) is 36.1 Å². The number of carbonyl (C=O) groups excluding carboxylic acids is 2. The number of fused-ring (bicyclic) bond motifs is 1. The van der Waals surface area contributed by atoms with E-state index in [1.807, 2.05) is 0 Å². The highest BCUT2D eigenvalue weighted by atomic mass is 32.1. The topological polar surface area (TPSA) is 81.2 Å². The molecule has 6 nitrogen and oxygen atoms in total. The average Bonchev–Trinajstić information content (AvgIpc) is 2.92.